The predicted molar refractivity (Wildman–Crippen MR) is 123 cm³/mol. The van der Waals surface area contributed by atoms with Crippen LogP contribution in [0.15, 0.2) is 42.5 Å². The first-order valence-corrected chi connectivity index (χ1v) is 11.5. The number of rotatable bonds is 8. The number of ether oxygens (including phenoxy) is 1. The minimum absolute atomic E-state index is 0.248. The van der Waals surface area contributed by atoms with Gasteiger partial charge in [0.2, 0.25) is 0 Å². The number of benzene rings is 2. The third-order valence-corrected chi connectivity index (χ3v) is 6.11. The molecular weight excluding hydrogens is 393 g/mol. The van der Waals surface area contributed by atoms with Crippen LogP contribution in [-0.2, 0) is 0 Å². The molecule has 2 fully saturated rings. The Morgan fingerprint density at radius 3 is 2.39 bits per heavy atom. The second-order valence-electron chi connectivity index (χ2n) is 8.44. The number of hydrogen-bond acceptors (Lipinski definition) is 4. The van der Waals surface area contributed by atoms with E-state index in [4.69, 9.17) is 4.74 Å². The Hall–Kier alpha value is -2.60. The van der Waals surface area contributed by atoms with Crippen molar-refractivity contribution in [3.05, 3.63) is 53.8 Å². The van der Waals surface area contributed by atoms with E-state index >= 15 is 0 Å². The molecule has 1 amide bonds. The van der Waals surface area contributed by atoms with Gasteiger partial charge in [-0.3, -0.25) is 4.79 Å². The van der Waals surface area contributed by atoms with E-state index in [1.165, 1.54) is 44.5 Å². The molecule has 2 aliphatic rings. The van der Waals surface area contributed by atoms with E-state index in [0.29, 0.717) is 17.9 Å². The van der Waals surface area contributed by atoms with Crippen molar-refractivity contribution >= 4 is 17.3 Å². The quantitative estimate of drug-likeness (QED) is 0.609. The zero-order valence-corrected chi connectivity index (χ0v) is 18.1. The average molecular weight is 426 g/mol. The summed E-state index contributed by atoms with van der Waals surface area (Å²) in [5.74, 6) is 0.160. The van der Waals surface area contributed by atoms with E-state index in [0.717, 1.165) is 50.3 Å². The molecule has 2 saturated heterocycles. The van der Waals surface area contributed by atoms with Gasteiger partial charge in [0.1, 0.15) is 11.6 Å². The van der Waals surface area contributed by atoms with Crippen LogP contribution in [0, 0.1) is 5.82 Å². The first-order valence-electron chi connectivity index (χ1n) is 11.5. The van der Waals surface area contributed by atoms with Crippen LogP contribution in [-0.4, -0.2) is 50.1 Å². The number of anilines is 2. The van der Waals surface area contributed by atoms with Gasteiger partial charge >= 0.3 is 0 Å². The minimum Gasteiger partial charge on any atom is -0.494 e. The number of amides is 1. The van der Waals surface area contributed by atoms with E-state index in [1.54, 1.807) is 18.2 Å². The number of halogens is 1. The molecule has 5 nitrogen and oxygen atoms in total. The van der Waals surface area contributed by atoms with E-state index in [1.807, 2.05) is 12.1 Å². The summed E-state index contributed by atoms with van der Waals surface area (Å²) in [5, 5.41) is 2.89. The number of hydrogen-bond donors (Lipinski definition) is 1. The molecule has 6 heteroatoms. The van der Waals surface area contributed by atoms with Crippen molar-refractivity contribution in [2.24, 2.45) is 0 Å². The summed E-state index contributed by atoms with van der Waals surface area (Å²) in [6.07, 6.45) is 7.19. The van der Waals surface area contributed by atoms with E-state index in [2.05, 4.69) is 15.1 Å². The fourth-order valence-corrected chi connectivity index (χ4v) is 4.40. The molecule has 31 heavy (non-hydrogen) atoms. The molecule has 166 valence electrons. The van der Waals surface area contributed by atoms with Crippen LogP contribution in [0.5, 0.6) is 5.75 Å². The van der Waals surface area contributed by atoms with E-state index < -0.39 is 0 Å². The van der Waals surface area contributed by atoms with Crippen LogP contribution in [0.25, 0.3) is 0 Å². The molecule has 0 unspecified atom stereocenters. The van der Waals surface area contributed by atoms with Crippen molar-refractivity contribution in [1.29, 1.82) is 0 Å². The third kappa shape index (κ3) is 5.97. The standard InChI is InChI=1S/C25H32FN3O2/c26-21-9-12-24(29-16-4-5-17-29)23(19-21)27-25(30)20-7-10-22(11-8-20)31-18-6-15-28-13-2-1-3-14-28/h7-12,19H,1-6,13-18H2,(H,27,30). The van der Waals surface area contributed by atoms with Gasteiger partial charge in [-0.25, -0.2) is 4.39 Å². The Kier molecular flexibility index (Phi) is 7.41. The highest BCUT2D eigenvalue weighted by molar-refractivity contribution is 6.06. The lowest BCUT2D eigenvalue weighted by molar-refractivity contribution is 0.102. The molecule has 4 rings (SSSR count). The molecule has 0 aliphatic carbocycles. The second kappa shape index (κ2) is 10.6. The Morgan fingerprint density at radius 2 is 1.65 bits per heavy atom. The lowest BCUT2D eigenvalue weighted by Crippen LogP contribution is -2.31. The largest absolute Gasteiger partial charge is 0.494 e. The zero-order valence-electron chi connectivity index (χ0n) is 18.1. The second-order valence-corrected chi connectivity index (χ2v) is 8.44. The van der Waals surface area contributed by atoms with E-state index in [9.17, 15) is 9.18 Å². The molecule has 2 aromatic rings. The summed E-state index contributed by atoms with van der Waals surface area (Å²) in [6, 6.07) is 11.7. The van der Waals surface area contributed by atoms with Crippen LogP contribution >= 0.6 is 0 Å². The molecule has 0 aromatic heterocycles. The third-order valence-electron chi connectivity index (χ3n) is 6.11. The average Bonchev–Trinajstić information content (AvgIpc) is 3.33. The molecule has 0 radical (unpaired) electrons. The number of carbonyl (C=O) groups is 1. The molecule has 0 spiro atoms. The van der Waals surface area contributed by atoms with Gasteiger partial charge in [0.15, 0.2) is 0 Å². The highest BCUT2D eigenvalue weighted by Crippen LogP contribution is 2.30. The Bertz CT molecular complexity index is 860. The maximum atomic E-state index is 13.8. The topological polar surface area (TPSA) is 44.8 Å². The van der Waals surface area contributed by atoms with Crippen molar-refractivity contribution in [2.45, 2.75) is 38.5 Å². The number of nitrogens with zero attached hydrogens (tertiary/aromatic N) is 2. The Morgan fingerprint density at radius 1 is 0.935 bits per heavy atom. The summed E-state index contributed by atoms with van der Waals surface area (Å²) >= 11 is 0. The monoisotopic (exact) mass is 425 g/mol. The number of nitrogens with one attached hydrogen (secondary N) is 1. The van der Waals surface area contributed by atoms with Crippen molar-refractivity contribution in [2.75, 3.05) is 49.5 Å². The summed E-state index contributed by atoms with van der Waals surface area (Å²) < 4.78 is 19.7. The molecule has 2 aromatic carbocycles. The van der Waals surface area contributed by atoms with Crippen molar-refractivity contribution in [1.82, 2.24) is 4.90 Å². The maximum Gasteiger partial charge on any atom is 0.255 e. The zero-order chi connectivity index (χ0) is 21.5. The van der Waals surface area contributed by atoms with Crippen LogP contribution in [0.1, 0.15) is 48.9 Å². The summed E-state index contributed by atoms with van der Waals surface area (Å²) in [6.45, 7) is 6.01. The van der Waals surface area contributed by atoms with Crippen LogP contribution in [0.2, 0.25) is 0 Å². The fraction of sp³-hybridized carbons (Fsp3) is 0.480. The molecule has 1 N–H and O–H groups in total. The fourth-order valence-electron chi connectivity index (χ4n) is 4.40. The first-order chi connectivity index (χ1) is 15.2. The van der Waals surface area contributed by atoms with Gasteiger partial charge in [0.05, 0.1) is 18.0 Å². The van der Waals surface area contributed by atoms with Crippen LogP contribution in [0.4, 0.5) is 15.8 Å². The smallest absolute Gasteiger partial charge is 0.255 e. The lowest BCUT2D eigenvalue weighted by Gasteiger charge is -2.26. The van der Waals surface area contributed by atoms with E-state index in [-0.39, 0.29) is 11.7 Å². The lowest BCUT2D eigenvalue weighted by atomic mass is 10.1. The molecule has 0 atom stereocenters. The molecule has 0 bridgehead atoms. The summed E-state index contributed by atoms with van der Waals surface area (Å²) in [4.78, 5) is 17.4. The minimum atomic E-state index is -0.355. The van der Waals surface area contributed by atoms with Crippen molar-refractivity contribution in [3.63, 3.8) is 0 Å². The number of likely N-dealkylation sites (tertiary alicyclic amines) is 1. The first kappa shape index (κ1) is 21.6. The molecular formula is C25H32FN3O2. The van der Waals surface area contributed by atoms with Gasteiger partial charge in [-0.05, 0) is 87.7 Å². The van der Waals surface area contributed by atoms with Gasteiger partial charge in [0, 0.05) is 25.2 Å². The Labute approximate surface area is 184 Å². The predicted octanol–water partition coefficient (Wildman–Crippen LogP) is 4.93. The molecule has 0 saturated carbocycles. The highest BCUT2D eigenvalue weighted by Gasteiger charge is 2.18. The SMILES string of the molecule is O=C(Nc1cc(F)ccc1N1CCCC1)c1ccc(OCCCN2CCCCC2)cc1. The number of piperidine rings is 1. The van der Waals surface area contributed by atoms with Crippen LogP contribution < -0.4 is 15.0 Å². The van der Waals surface area contributed by atoms with Gasteiger partial charge in [-0.1, -0.05) is 6.42 Å². The molecule has 2 heterocycles. The van der Waals surface area contributed by atoms with Crippen molar-refractivity contribution < 1.29 is 13.9 Å². The normalized spacial score (nSPS) is 17.0. The van der Waals surface area contributed by atoms with Crippen LogP contribution in [0.3, 0.4) is 0 Å². The van der Waals surface area contributed by atoms with Gasteiger partial charge < -0.3 is 19.9 Å². The summed E-state index contributed by atoms with van der Waals surface area (Å²) in [5.41, 5.74) is 1.92. The maximum absolute atomic E-state index is 13.8. The summed E-state index contributed by atoms with van der Waals surface area (Å²) in [7, 11) is 0. The van der Waals surface area contributed by atoms with Gasteiger partial charge in [-0.2, -0.15) is 0 Å². The van der Waals surface area contributed by atoms with Crippen molar-refractivity contribution in [3.8, 4) is 5.75 Å². The van der Waals surface area contributed by atoms with Gasteiger partial charge in [0.25, 0.3) is 5.91 Å². The number of carbonyl (C=O) groups excluding carboxylic acids is 1. The Balaban J connectivity index is 1.30. The van der Waals surface area contributed by atoms with Gasteiger partial charge in [-0.15, -0.1) is 0 Å². The molecule has 2 aliphatic heterocycles. The highest BCUT2D eigenvalue weighted by atomic mass is 19.1.